The largest absolute Gasteiger partial charge is 0.273 e. The first-order valence-corrected chi connectivity index (χ1v) is 8.14. The molecule has 0 atom stereocenters. The van der Waals surface area contributed by atoms with E-state index in [0.29, 0.717) is 17.7 Å². The maximum absolute atomic E-state index is 12.3. The quantitative estimate of drug-likeness (QED) is 0.852. The van der Waals surface area contributed by atoms with Gasteiger partial charge in [0.1, 0.15) is 0 Å². The Balaban J connectivity index is 2.09. The molecule has 5 heteroatoms. The Labute approximate surface area is 125 Å². The topological polar surface area (TPSA) is 61.2 Å². The van der Waals surface area contributed by atoms with Crippen molar-refractivity contribution >= 4 is 15.7 Å². The molecule has 0 aliphatic rings. The van der Waals surface area contributed by atoms with Crippen LogP contribution in [0, 0.1) is 11.3 Å². The minimum absolute atomic E-state index is 0.0491. The van der Waals surface area contributed by atoms with Crippen LogP contribution >= 0.6 is 0 Å². The van der Waals surface area contributed by atoms with Crippen LogP contribution < -0.4 is 4.31 Å². The molecule has 2 aromatic carbocycles. The standard InChI is InChI=1S/C16H16N2O2S/c1-18(16-9-7-15(13-17)8-10-16)21(19,20)12-11-14-5-3-2-4-6-14/h2-10H,11-12H2,1H3. The summed E-state index contributed by atoms with van der Waals surface area (Å²) in [5.41, 5.74) is 2.06. The van der Waals surface area contributed by atoms with Crippen LogP contribution in [0.3, 0.4) is 0 Å². The van der Waals surface area contributed by atoms with Gasteiger partial charge in [0.15, 0.2) is 0 Å². The summed E-state index contributed by atoms with van der Waals surface area (Å²) in [6.07, 6.45) is 0.476. The molecule has 0 fully saturated rings. The third-order valence-corrected chi connectivity index (χ3v) is 5.03. The lowest BCUT2D eigenvalue weighted by molar-refractivity contribution is 0.593. The molecule has 2 rings (SSSR count). The molecule has 0 N–H and O–H groups in total. The average molecular weight is 300 g/mol. The van der Waals surface area contributed by atoms with Gasteiger partial charge in [0, 0.05) is 7.05 Å². The molecule has 0 bridgehead atoms. The minimum atomic E-state index is -3.38. The van der Waals surface area contributed by atoms with E-state index in [0.717, 1.165) is 5.56 Å². The third kappa shape index (κ3) is 3.83. The first-order chi connectivity index (χ1) is 10.0. The van der Waals surface area contributed by atoms with E-state index in [1.165, 1.54) is 11.4 Å². The van der Waals surface area contributed by atoms with Crippen LogP contribution in [-0.4, -0.2) is 21.2 Å². The molecule has 108 valence electrons. The van der Waals surface area contributed by atoms with Crippen LogP contribution in [0.1, 0.15) is 11.1 Å². The second-order valence-electron chi connectivity index (χ2n) is 4.68. The fourth-order valence-electron chi connectivity index (χ4n) is 1.93. The molecule has 0 unspecified atom stereocenters. The predicted octanol–water partition coefficient (Wildman–Crippen LogP) is 2.57. The second kappa shape index (κ2) is 6.42. The molecule has 0 aliphatic heterocycles. The summed E-state index contributed by atoms with van der Waals surface area (Å²) < 4.78 is 25.9. The fraction of sp³-hybridized carbons (Fsp3) is 0.188. The van der Waals surface area contributed by atoms with Gasteiger partial charge in [0.2, 0.25) is 10.0 Å². The van der Waals surface area contributed by atoms with Crippen molar-refractivity contribution in [2.75, 3.05) is 17.1 Å². The highest BCUT2D eigenvalue weighted by atomic mass is 32.2. The predicted molar refractivity (Wildman–Crippen MR) is 83.5 cm³/mol. The van der Waals surface area contributed by atoms with E-state index >= 15 is 0 Å². The minimum Gasteiger partial charge on any atom is -0.273 e. The van der Waals surface area contributed by atoms with Crippen LogP contribution in [0.25, 0.3) is 0 Å². The second-order valence-corrected chi connectivity index (χ2v) is 6.80. The highest BCUT2D eigenvalue weighted by Gasteiger charge is 2.18. The molecule has 21 heavy (non-hydrogen) atoms. The maximum atomic E-state index is 12.3. The zero-order valence-electron chi connectivity index (χ0n) is 11.7. The van der Waals surface area contributed by atoms with Gasteiger partial charge < -0.3 is 0 Å². The van der Waals surface area contributed by atoms with E-state index < -0.39 is 10.0 Å². The van der Waals surface area contributed by atoms with Gasteiger partial charge in [-0.25, -0.2) is 8.42 Å². The molecule has 0 saturated heterocycles. The molecule has 0 saturated carbocycles. The summed E-state index contributed by atoms with van der Waals surface area (Å²) in [4.78, 5) is 0. The number of nitrogens with zero attached hydrogens (tertiary/aromatic N) is 2. The van der Waals surface area contributed by atoms with E-state index in [2.05, 4.69) is 0 Å². The lowest BCUT2D eigenvalue weighted by Gasteiger charge is -2.19. The van der Waals surface area contributed by atoms with Gasteiger partial charge in [-0.3, -0.25) is 4.31 Å². The lowest BCUT2D eigenvalue weighted by atomic mass is 10.2. The highest BCUT2D eigenvalue weighted by Crippen LogP contribution is 2.17. The number of nitriles is 1. The first-order valence-electron chi connectivity index (χ1n) is 6.53. The number of aryl methyl sites for hydroxylation is 1. The lowest BCUT2D eigenvalue weighted by Crippen LogP contribution is -2.29. The molecular weight excluding hydrogens is 284 g/mol. The average Bonchev–Trinajstić information content (AvgIpc) is 2.53. The number of sulfonamides is 1. The first kappa shape index (κ1) is 15.1. The van der Waals surface area contributed by atoms with Crippen molar-refractivity contribution in [2.24, 2.45) is 0 Å². The number of benzene rings is 2. The molecule has 0 aromatic heterocycles. The van der Waals surface area contributed by atoms with Gasteiger partial charge in [0.05, 0.1) is 23.1 Å². The molecule has 0 spiro atoms. The van der Waals surface area contributed by atoms with Gasteiger partial charge in [-0.2, -0.15) is 5.26 Å². The zero-order chi connectivity index (χ0) is 15.3. The Morgan fingerprint density at radius 1 is 1.05 bits per heavy atom. The summed E-state index contributed by atoms with van der Waals surface area (Å²) >= 11 is 0. The molecule has 0 radical (unpaired) electrons. The Morgan fingerprint density at radius 3 is 2.24 bits per heavy atom. The summed E-state index contributed by atoms with van der Waals surface area (Å²) in [5.74, 6) is 0.0491. The molecular formula is C16H16N2O2S. The van der Waals surface area contributed by atoms with E-state index in [4.69, 9.17) is 5.26 Å². The van der Waals surface area contributed by atoms with Crippen LogP contribution in [0.15, 0.2) is 54.6 Å². The van der Waals surface area contributed by atoms with Crippen molar-refractivity contribution in [3.63, 3.8) is 0 Å². The summed E-state index contributed by atoms with van der Waals surface area (Å²) in [7, 11) is -1.85. The zero-order valence-corrected chi connectivity index (χ0v) is 12.5. The van der Waals surface area contributed by atoms with Crippen molar-refractivity contribution in [3.05, 3.63) is 65.7 Å². The normalized spacial score (nSPS) is 10.9. The van der Waals surface area contributed by atoms with E-state index in [1.54, 1.807) is 24.3 Å². The van der Waals surface area contributed by atoms with Gasteiger partial charge in [-0.1, -0.05) is 30.3 Å². The molecule has 2 aromatic rings. The Morgan fingerprint density at radius 2 is 1.67 bits per heavy atom. The van der Waals surface area contributed by atoms with Gasteiger partial charge in [0.25, 0.3) is 0 Å². The Hall–Kier alpha value is -2.32. The molecule has 0 aliphatic carbocycles. The van der Waals surface area contributed by atoms with Crippen molar-refractivity contribution in [2.45, 2.75) is 6.42 Å². The third-order valence-electron chi connectivity index (χ3n) is 3.27. The number of anilines is 1. The summed E-state index contributed by atoms with van der Waals surface area (Å²) in [5, 5.41) is 8.76. The van der Waals surface area contributed by atoms with Crippen LogP contribution in [0.5, 0.6) is 0 Å². The highest BCUT2D eigenvalue weighted by molar-refractivity contribution is 7.92. The molecule has 0 amide bonds. The Kier molecular flexibility index (Phi) is 4.61. The summed E-state index contributed by atoms with van der Waals surface area (Å²) in [6.45, 7) is 0. The van der Waals surface area contributed by atoms with Crippen LogP contribution in [0.4, 0.5) is 5.69 Å². The van der Waals surface area contributed by atoms with E-state index in [9.17, 15) is 8.42 Å². The van der Waals surface area contributed by atoms with Crippen molar-refractivity contribution in [1.82, 2.24) is 0 Å². The van der Waals surface area contributed by atoms with E-state index in [-0.39, 0.29) is 5.75 Å². The maximum Gasteiger partial charge on any atom is 0.235 e. The van der Waals surface area contributed by atoms with Crippen molar-refractivity contribution in [3.8, 4) is 6.07 Å². The van der Waals surface area contributed by atoms with Crippen molar-refractivity contribution in [1.29, 1.82) is 5.26 Å². The number of hydrogen-bond donors (Lipinski definition) is 0. The molecule has 4 nitrogen and oxygen atoms in total. The smallest absolute Gasteiger partial charge is 0.235 e. The van der Waals surface area contributed by atoms with Gasteiger partial charge in [-0.05, 0) is 36.2 Å². The Bertz CT molecular complexity index is 732. The van der Waals surface area contributed by atoms with Crippen LogP contribution in [0.2, 0.25) is 0 Å². The van der Waals surface area contributed by atoms with E-state index in [1.807, 2.05) is 36.4 Å². The van der Waals surface area contributed by atoms with Gasteiger partial charge in [-0.15, -0.1) is 0 Å². The van der Waals surface area contributed by atoms with Gasteiger partial charge >= 0.3 is 0 Å². The fourth-order valence-corrected chi connectivity index (χ4v) is 3.15. The monoisotopic (exact) mass is 300 g/mol. The number of rotatable bonds is 5. The van der Waals surface area contributed by atoms with Crippen LogP contribution in [-0.2, 0) is 16.4 Å². The number of hydrogen-bond acceptors (Lipinski definition) is 3. The summed E-state index contributed by atoms with van der Waals surface area (Å²) in [6, 6.07) is 18.0. The van der Waals surface area contributed by atoms with Crippen molar-refractivity contribution < 1.29 is 8.42 Å². The SMILES string of the molecule is CN(c1ccc(C#N)cc1)S(=O)(=O)CCc1ccccc1. The molecule has 0 heterocycles.